The average molecular weight is 349 g/mol. The molecule has 0 amide bonds. The molecule has 1 aliphatic heterocycles. The second-order valence-electron chi connectivity index (χ2n) is 5.63. The quantitative estimate of drug-likeness (QED) is 0.749. The lowest BCUT2D eigenvalue weighted by Crippen LogP contribution is -2.35. The van der Waals surface area contributed by atoms with Crippen LogP contribution in [0.2, 0.25) is 0 Å². The Labute approximate surface area is 140 Å². The van der Waals surface area contributed by atoms with E-state index in [0.29, 0.717) is 19.5 Å². The first-order chi connectivity index (χ1) is 11.1. The Balaban J connectivity index is 1.74. The number of pyridine rings is 1. The number of aromatic nitrogens is 2. The monoisotopic (exact) mass is 349 g/mol. The van der Waals surface area contributed by atoms with E-state index in [1.165, 1.54) is 0 Å². The predicted molar refractivity (Wildman–Crippen MR) is 93.0 cm³/mol. The van der Waals surface area contributed by atoms with Crippen molar-refractivity contribution in [3.63, 3.8) is 0 Å². The highest BCUT2D eigenvalue weighted by molar-refractivity contribution is 7.91. The fraction of sp³-hybridized carbons (Fsp3) is 0.375. The van der Waals surface area contributed by atoms with Gasteiger partial charge in [0.15, 0.2) is 9.84 Å². The largest absolute Gasteiger partial charge is 0.290 e. The third-order valence-electron chi connectivity index (χ3n) is 3.89. The summed E-state index contributed by atoms with van der Waals surface area (Å²) < 4.78 is 23.4. The van der Waals surface area contributed by atoms with Crippen LogP contribution in [0, 0.1) is 0 Å². The van der Waals surface area contributed by atoms with Gasteiger partial charge >= 0.3 is 0 Å². The SMILES string of the molecule is C=CCN(Cc1csc(-c2ccccn2)n1)C1CCS(=O)(=O)C1. The van der Waals surface area contributed by atoms with Crippen molar-refractivity contribution in [2.24, 2.45) is 0 Å². The molecule has 0 bridgehead atoms. The molecule has 1 fully saturated rings. The molecule has 3 rings (SSSR count). The van der Waals surface area contributed by atoms with Gasteiger partial charge in [-0.3, -0.25) is 9.88 Å². The smallest absolute Gasteiger partial charge is 0.151 e. The Bertz CT molecular complexity index is 772. The van der Waals surface area contributed by atoms with Crippen molar-refractivity contribution in [1.29, 1.82) is 0 Å². The van der Waals surface area contributed by atoms with Crippen molar-refractivity contribution < 1.29 is 8.42 Å². The summed E-state index contributed by atoms with van der Waals surface area (Å²) in [5.41, 5.74) is 1.81. The van der Waals surface area contributed by atoms with Gasteiger partial charge in [-0.25, -0.2) is 13.4 Å². The topological polar surface area (TPSA) is 63.2 Å². The van der Waals surface area contributed by atoms with Gasteiger partial charge in [0.2, 0.25) is 0 Å². The summed E-state index contributed by atoms with van der Waals surface area (Å²) in [5, 5.41) is 2.90. The van der Waals surface area contributed by atoms with E-state index in [1.807, 2.05) is 29.7 Å². The van der Waals surface area contributed by atoms with E-state index >= 15 is 0 Å². The summed E-state index contributed by atoms with van der Waals surface area (Å²) in [6, 6.07) is 5.81. The maximum absolute atomic E-state index is 11.7. The van der Waals surface area contributed by atoms with Crippen LogP contribution in [0.5, 0.6) is 0 Å². The van der Waals surface area contributed by atoms with E-state index in [9.17, 15) is 8.42 Å². The minimum Gasteiger partial charge on any atom is -0.290 e. The van der Waals surface area contributed by atoms with Gasteiger partial charge in [-0.15, -0.1) is 17.9 Å². The minimum absolute atomic E-state index is 0.0537. The second-order valence-corrected chi connectivity index (χ2v) is 8.72. The zero-order valence-corrected chi connectivity index (χ0v) is 14.4. The molecule has 3 heterocycles. The van der Waals surface area contributed by atoms with Crippen molar-refractivity contribution in [1.82, 2.24) is 14.9 Å². The fourth-order valence-electron chi connectivity index (χ4n) is 2.77. The zero-order chi connectivity index (χ0) is 16.3. The van der Waals surface area contributed by atoms with Gasteiger partial charge in [0.1, 0.15) is 5.01 Å². The van der Waals surface area contributed by atoms with Crippen molar-refractivity contribution in [2.45, 2.75) is 19.0 Å². The molecule has 2 aromatic rings. The van der Waals surface area contributed by atoms with Gasteiger partial charge in [-0.05, 0) is 18.6 Å². The highest BCUT2D eigenvalue weighted by atomic mass is 32.2. The first-order valence-electron chi connectivity index (χ1n) is 7.48. The van der Waals surface area contributed by atoms with E-state index in [1.54, 1.807) is 17.5 Å². The van der Waals surface area contributed by atoms with E-state index in [0.717, 1.165) is 16.4 Å². The van der Waals surface area contributed by atoms with Crippen LogP contribution in [0.25, 0.3) is 10.7 Å². The Morgan fingerprint density at radius 1 is 1.43 bits per heavy atom. The van der Waals surface area contributed by atoms with Crippen LogP contribution in [0.4, 0.5) is 0 Å². The van der Waals surface area contributed by atoms with E-state index in [-0.39, 0.29) is 17.5 Å². The van der Waals surface area contributed by atoms with Crippen LogP contribution in [-0.4, -0.2) is 47.4 Å². The molecule has 2 aromatic heterocycles. The zero-order valence-electron chi connectivity index (χ0n) is 12.8. The van der Waals surface area contributed by atoms with Crippen LogP contribution in [-0.2, 0) is 16.4 Å². The van der Waals surface area contributed by atoms with Gasteiger partial charge in [0.05, 0.1) is 22.9 Å². The minimum atomic E-state index is -2.89. The maximum Gasteiger partial charge on any atom is 0.151 e. The summed E-state index contributed by atoms with van der Waals surface area (Å²) in [6.07, 6.45) is 4.26. The molecule has 1 atom stereocenters. The number of hydrogen-bond donors (Lipinski definition) is 0. The molecule has 0 spiro atoms. The number of rotatable bonds is 6. The van der Waals surface area contributed by atoms with Crippen molar-refractivity contribution >= 4 is 21.2 Å². The number of sulfone groups is 1. The summed E-state index contributed by atoms with van der Waals surface area (Å²) in [4.78, 5) is 11.1. The molecule has 1 unspecified atom stereocenters. The van der Waals surface area contributed by atoms with E-state index < -0.39 is 9.84 Å². The normalized spacial score (nSPS) is 20.0. The molecule has 1 aliphatic rings. The molecule has 5 nitrogen and oxygen atoms in total. The molecule has 0 aromatic carbocycles. The maximum atomic E-state index is 11.7. The molecule has 0 aliphatic carbocycles. The van der Waals surface area contributed by atoms with Crippen LogP contribution >= 0.6 is 11.3 Å². The third kappa shape index (κ3) is 4.04. The highest BCUT2D eigenvalue weighted by Gasteiger charge is 2.32. The summed E-state index contributed by atoms with van der Waals surface area (Å²) in [6.45, 7) is 5.08. The Hall–Kier alpha value is -1.57. The molecular weight excluding hydrogens is 330 g/mol. The van der Waals surface area contributed by atoms with Crippen LogP contribution in [0.15, 0.2) is 42.4 Å². The fourth-order valence-corrected chi connectivity index (χ4v) is 5.31. The van der Waals surface area contributed by atoms with Crippen LogP contribution < -0.4 is 0 Å². The van der Waals surface area contributed by atoms with Crippen LogP contribution in [0.1, 0.15) is 12.1 Å². The molecule has 1 saturated heterocycles. The second kappa shape index (κ2) is 6.90. The van der Waals surface area contributed by atoms with Gasteiger partial charge in [-0.1, -0.05) is 12.1 Å². The van der Waals surface area contributed by atoms with Gasteiger partial charge in [-0.2, -0.15) is 0 Å². The lowest BCUT2D eigenvalue weighted by molar-refractivity contribution is 0.224. The molecule has 0 radical (unpaired) electrons. The Morgan fingerprint density at radius 2 is 2.30 bits per heavy atom. The molecule has 0 saturated carbocycles. The standard InChI is InChI=1S/C16H19N3O2S2/c1-2-8-19(14-6-9-23(20,21)12-14)10-13-11-22-16(18-13)15-5-3-4-7-17-15/h2-5,7,11,14H,1,6,8-10,12H2. The Kier molecular flexibility index (Phi) is 4.89. The van der Waals surface area contributed by atoms with Crippen molar-refractivity contribution in [3.8, 4) is 10.7 Å². The summed E-state index contributed by atoms with van der Waals surface area (Å²) in [5.74, 6) is 0.514. The average Bonchev–Trinajstić information content (AvgIpc) is 3.14. The van der Waals surface area contributed by atoms with Gasteiger partial charge < -0.3 is 0 Å². The number of hydrogen-bond acceptors (Lipinski definition) is 6. The molecule has 122 valence electrons. The lowest BCUT2D eigenvalue weighted by Gasteiger charge is -2.25. The third-order valence-corrected chi connectivity index (χ3v) is 6.55. The molecule has 7 heteroatoms. The highest BCUT2D eigenvalue weighted by Crippen LogP contribution is 2.24. The van der Waals surface area contributed by atoms with Crippen molar-refractivity contribution in [3.05, 3.63) is 48.1 Å². The first-order valence-corrected chi connectivity index (χ1v) is 10.2. The lowest BCUT2D eigenvalue weighted by atomic mass is 10.2. The summed E-state index contributed by atoms with van der Waals surface area (Å²) >= 11 is 1.56. The Morgan fingerprint density at radius 3 is 2.96 bits per heavy atom. The first kappa shape index (κ1) is 16.3. The molecule has 23 heavy (non-hydrogen) atoms. The number of thiazole rings is 1. The van der Waals surface area contributed by atoms with E-state index in [2.05, 4.69) is 21.4 Å². The van der Waals surface area contributed by atoms with Gasteiger partial charge in [0, 0.05) is 30.7 Å². The predicted octanol–water partition coefficient (Wildman–Crippen LogP) is 2.38. The van der Waals surface area contributed by atoms with Crippen LogP contribution in [0.3, 0.4) is 0 Å². The number of nitrogens with zero attached hydrogens (tertiary/aromatic N) is 3. The van der Waals surface area contributed by atoms with Gasteiger partial charge in [0.25, 0.3) is 0 Å². The van der Waals surface area contributed by atoms with Crippen molar-refractivity contribution in [2.75, 3.05) is 18.1 Å². The van der Waals surface area contributed by atoms with E-state index in [4.69, 9.17) is 0 Å². The molecular formula is C16H19N3O2S2. The summed E-state index contributed by atoms with van der Waals surface area (Å²) in [7, 11) is -2.89. The molecule has 0 N–H and O–H groups in total.